The van der Waals surface area contributed by atoms with Gasteiger partial charge in [-0.05, 0) is 54.1 Å². The predicted octanol–water partition coefficient (Wildman–Crippen LogP) is 7.43. The standard InChI is InChI=1S/C26H23ClF2N2OS/c1-26(2,17-7-13-20(32-3)14-8-17)24-15-30-25(31(24)19-11-9-18(28)10-12-19)33-16-21-22(27)5-4-6-23(21)29/h4-15H,16H2,1-3H3. The second-order valence-corrected chi connectivity index (χ2v) is 9.43. The van der Waals surface area contributed by atoms with Crippen LogP contribution in [0.5, 0.6) is 5.75 Å². The van der Waals surface area contributed by atoms with Crippen molar-refractivity contribution >= 4 is 23.4 Å². The molecule has 0 aliphatic heterocycles. The molecule has 33 heavy (non-hydrogen) atoms. The Labute approximate surface area is 201 Å². The number of benzene rings is 3. The van der Waals surface area contributed by atoms with Gasteiger partial charge in [-0.1, -0.05) is 55.4 Å². The molecule has 0 saturated carbocycles. The fourth-order valence-electron chi connectivity index (χ4n) is 3.68. The van der Waals surface area contributed by atoms with Crippen LogP contribution in [0.4, 0.5) is 8.78 Å². The third-order valence-corrected chi connectivity index (χ3v) is 7.01. The topological polar surface area (TPSA) is 27.1 Å². The van der Waals surface area contributed by atoms with Crippen molar-refractivity contribution in [2.75, 3.05) is 7.11 Å². The van der Waals surface area contributed by atoms with Gasteiger partial charge in [0.05, 0.1) is 19.0 Å². The zero-order valence-corrected chi connectivity index (χ0v) is 20.1. The van der Waals surface area contributed by atoms with Crippen LogP contribution >= 0.6 is 23.4 Å². The van der Waals surface area contributed by atoms with E-state index < -0.39 is 5.41 Å². The molecule has 0 unspecified atom stereocenters. The molecule has 0 N–H and O–H groups in total. The third kappa shape index (κ3) is 4.77. The molecule has 3 aromatic carbocycles. The molecule has 3 nitrogen and oxygen atoms in total. The average molecular weight is 485 g/mol. The fourth-order valence-corrected chi connectivity index (χ4v) is 5.02. The summed E-state index contributed by atoms with van der Waals surface area (Å²) >= 11 is 7.60. The van der Waals surface area contributed by atoms with Gasteiger partial charge >= 0.3 is 0 Å². The highest BCUT2D eigenvalue weighted by atomic mass is 35.5. The Morgan fingerprint density at radius 1 is 1.00 bits per heavy atom. The lowest BCUT2D eigenvalue weighted by molar-refractivity contribution is 0.414. The van der Waals surface area contributed by atoms with E-state index in [-0.39, 0.29) is 11.6 Å². The van der Waals surface area contributed by atoms with Crippen LogP contribution in [0.25, 0.3) is 5.69 Å². The number of ether oxygens (including phenoxy) is 1. The first-order valence-corrected chi connectivity index (χ1v) is 11.7. The van der Waals surface area contributed by atoms with Gasteiger partial charge in [-0.3, -0.25) is 4.57 Å². The number of hydrogen-bond acceptors (Lipinski definition) is 3. The van der Waals surface area contributed by atoms with E-state index in [4.69, 9.17) is 16.3 Å². The monoisotopic (exact) mass is 484 g/mol. The largest absolute Gasteiger partial charge is 0.497 e. The maximum absolute atomic E-state index is 14.3. The van der Waals surface area contributed by atoms with Gasteiger partial charge in [0, 0.05) is 27.4 Å². The van der Waals surface area contributed by atoms with Crippen molar-refractivity contribution in [1.29, 1.82) is 0 Å². The predicted molar refractivity (Wildman–Crippen MR) is 130 cm³/mol. The van der Waals surface area contributed by atoms with Gasteiger partial charge < -0.3 is 4.74 Å². The first-order chi connectivity index (χ1) is 15.8. The van der Waals surface area contributed by atoms with E-state index in [0.717, 1.165) is 22.7 Å². The molecular formula is C26H23ClF2N2OS. The first kappa shape index (κ1) is 23.3. The Balaban J connectivity index is 1.77. The summed E-state index contributed by atoms with van der Waals surface area (Å²) in [6.45, 7) is 4.21. The van der Waals surface area contributed by atoms with Crippen molar-refractivity contribution in [1.82, 2.24) is 9.55 Å². The molecule has 7 heteroatoms. The maximum Gasteiger partial charge on any atom is 0.173 e. The fraction of sp³-hybridized carbons (Fsp3) is 0.192. The molecule has 4 rings (SSSR count). The average Bonchev–Trinajstić information content (AvgIpc) is 3.24. The normalized spacial score (nSPS) is 11.6. The zero-order valence-electron chi connectivity index (χ0n) is 18.5. The van der Waals surface area contributed by atoms with Crippen LogP contribution in [0.1, 0.15) is 30.7 Å². The highest BCUT2D eigenvalue weighted by Crippen LogP contribution is 2.37. The summed E-state index contributed by atoms with van der Waals surface area (Å²) < 4.78 is 35.3. The quantitative estimate of drug-likeness (QED) is 0.255. The van der Waals surface area contributed by atoms with Gasteiger partial charge in [0.1, 0.15) is 17.4 Å². The lowest BCUT2D eigenvalue weighted by Crippen LogP contribution is -2.23. The highest BCUT2D eigenvalue weighted by Gasteiger charge is 2.29. The summed E-state index contributed by atoms with van der Waals surface area (Å²) in [5.74, 6) is 0.419. The van der Waals surface area contributed by atoms with Crippen molar-refractivity contribution in [2.45, 2.75) is 30.2 Å². The molecule has 0 spiro atoms. The number of imidazole rings is 1. The van der Waals surface area contributed by atoms with Crippen LogP contribution in [0, 0.1) is 11.6 Å². The Bertz CT molecular complexity index is 1230. The van der Waals surface area contributed by atoms with Crippen LogP contribution < -0.4 is 4.74 Å². The van der Waals surface area contributed by atoms with Gasteiger partial charge in [0.2, 0.25) is 0 Å². The van der Waals surface area contributed by atoms with E-state index in [9.17, 15) is 8.78 Å². The van der Waals surface area contributed by atoms with Gasteiger partial charge in [-0.15, -0.1) is 0 Å². The van der Waals surface area contributed by atoms with Crippen LogP contribution in [0.3, 0.4) is 0 Å². The van der Waals surface area contributed by atoms with E-state index in [0.29, 0.717) is 21.5 Å². The van der Waals surface area contributed by atoms with Gasteiger partial charge in [-0.2, -0.15) is 0 Å². The third-order valence-electron chi connectivity index (χ3n) is 5.67. The molecular weight excluding hydrogens is 462 g/mol. The van der Waals surface area contributed by atoms with Crippen molar-refractivity contribution in [3.8, 4) is 11.4 Å². The SMILES string of the molecule is COc1ccc(C(C)(C)c2cnc(SCc3c(F)cccc3Cl)n2-c2ccc(F)cc2)cc1. The number of thioether (sulfide) groups is 1. The molecule has 170 valence electrons. The molecule has 1 aromatic heterocycles. The summed E-state index contributed by atoms with van der Waals surface area (Å²) in [6, 6.07) is 18.8. The molecule has 4 aromatic rings. The van der Waals surface area contributed by atoms with Crippen LogP contribution in [0.15, 0.2) is 78.1 Å². The molecule has 0 atom stereocenters. The van der Waals surface area contributed by atoms with E-state index in [1.54, 1.807) is 31.4 Å². The van der Waals surface area contributed by atoms with Crippen LogP contribution in [-0.4, -0.2) is 16.7 Å². The molecule has 0 radical (unpaired) electrons. The zero-order chi connectivity index (χ0) is 23.6. The van der Waals surface area contributed by atoms with E-state index in [1.807, 2.05) is 35.0 Å². The number of methoxy groups -OCH3 is 1. The number of rotatable bonds is 7. The number of aromatic nitrogens is 2. The highest BCUT2D eigenvalue weighted by molar-refractivity contribution is 7.98. The minimum absolute atomic E-state index is 0.312. The number of halogens is 3. The second kappa shape index (κ2) is 9.57. The van der Waals surface area contributed by atoms with Gasteiger partial charge in [0.25, 0.3) is 0 Å². The van der Waals surface area contributed by atoms with Crippen molar-refractivity contribution in [3.05, 3.63) is 106 Å². The molecule has 0 aliphatic carbocycles. The van der Waals surface area contributed by atoms with E-state index in [1.165, 1.54) is 30.0 Å². The van der Waals surface area contributed by atoms with Crippen LogP contribution in [-0.2, 0) is 11.2 Å². The lowest BCUT2D eigenvalue weighted by Gasteiger charge is -2.27. The first-order valence-electron chi connectivity index (χ1n) is 10.4. The molecule has 0 fully saturated rings. The number of nitrogens with zero attached hydrogens (tertiary/aromatic N) is 2. The number of hydrogen-bond donors (Lipinski definition) is 0. The summed E-state index contributed by atoms with van der Waals surface area (Å²) in [5.41, 5.74) is 2.75. The molecule has 0 amide bonds. The van der Waals surface area contributed by atoms with Crippen molar-refractivity contribution in [3.63, 3.8) is 0 Å². The van der Waals surface area contributed by atoms with Gasteiger partial charge in [-0.25, -0.2) is 13.8 Å². The Kier molecular flexibility index (Phi) is 6.77. The van der Waals surface area contributed by atoms with E-state index >= 15 is 0 Å². The molecule has 0 bridgehead atoms. The Morgan fingerprint density at radius 2 is 1.70 bits per heavy atom. The summed E-state index contributed by atoms with van der Waals surface area (Å²) in [5, 5.41) is 1.04. The Morgan fingerprint density at radius 3 is 2.33 bits per heavy atom. The molecule has 0 aliphatic rings. The van der Waals surface area contributed by atoms with Crippen LogP contribution in [0.2, 0.25) is 5.02 Å². The van der Waals surface area contributed by atoms with E-state index in [2.05, 4.69) is 18.8 Å². The smallest absolute Gasteiger partial charge is 0.173 e. The molecule has 0 saturated heterocycles. The maximum atomic E-state index is 14.3. The minimum Gasteiger partial charge on any atom is -0.497 e. The molecule has 1 heterocycles. The Hall–Kier alpha value is -2.83. The van der Waals surface area contributed by atoms with Crippen molar-refractivity contribution in [2.24, 2.45) is 0 Å². The summed E-state index contributed by atoms with van der Waals surface area (Å²) in [6.07, 6.45) is 1.82. The minimum atomic E-state index is -0.428. The van der Waals surface area contributed by atoms with Crippen molar-refractivity contribution < 1.29 is 13.5 Å². The van der Waals surface area contributed by atoms with Gasteiger partial charge in [0.15, 0.2) is 5.16 Å². The lowest BCUT2D eigenvalue weighted by atomic mass is 9.81. The summed E-state index contributed by atoms with van der Waals surface area (Å²) in [4.78, 5) is 4.66. The second-order valence-electron chi connectivity index (χ2n) is 8.08. The summed E-state index contributed by atoms with van der Waals surface area (Å²) in [7, 11) is 1.63.